The molecule has 0 N–H and O–H groups in total. The van der Waals surface area contributed by atoms with Crippen molar-refractivity contribution in [1.29, 1.82) is 0 Å². The minimum atomic E-state index is -0.650. The quantitative estimate of drug-likeness (QED) is 0.348. The molecule has 4 aromatic rings. The highest BCUT2D eigenvalue weighted by atomic mass is 16.5. The van der Waals surface area contributed by atoms with Crippen LogP contribution in [0.5, 0.6) is 23.0 Å². The Morgan fingerprint density at radius 3 is 2.14 bits per heavy atom. The van der Waals surface area contributed by atoms with E-state index >= 15 is 0 Å². The molecule has 1 aromatic heterocycles. The summed E-state index contributed by atoms with van der Waals surface area (Å²) >= 11 is 0. The Hall–Kier alpha value is -4.46. The second-order valence-electron chi connectivity index (χ2n) is 8.62. The fourth-order valence-electron chi connectivity index (χ4n) is 4.85. The van der Waals surface area contributed by atoms with E-state index in [0.717, 1.165) is 11.1 Å². The SMILES string of the molecule is COc1ccc(CCN2C(=O)c3oc4ccccc4c(=O)c3C2c2ccc(OC)c(OC)c2)cc1OC. The lowest BCUT2D eigenvalue weighted by Gasteiger charge is -2.26. The van der Waals surface area contributed by atoms with E-state index in [1.807, 2.05) is 24.3 Å². The van der Waals surface area contributed by atoms with Crippen LogP contribution in [0.4, 0.5) is 0 Å². The maximum atomic E-state index is 13.7. The van der Waals surface area contributed by atoms with E-state index in [4.69, 9.17) is 23.4 Å². The fourth-order valence-corrected chi connectivity index (χ4v) is 4.85. The zero-order valence-electron chi connectivity index (χ0n) is 21.1. The summed E-state index contributed by atoms with van der Waals surface area (Å²) in [6, 6.07) is 17.4. The van der Waals surface area contributed by atoms with Crippen LogP contribution in [-0.4, -0.2) is 45.8 Å². The summed E-state index contributed by atoms with van der Waals surface area (Å²) in [4.78, 5) is 29.0. The molecule has 190 valence electrons. The first-order chi connectivity index (χ1) is 18.0. The van der Waals surface area contributed by atoms with Crippen LogP contribution in [0.3, 0.4) is 0 Å². The number of rotatable bonds is 8. The summed E-state index contributed by atoms with van der Waals surface area (Å²) in [5.41, 5.74) is 2.16. The number of ether oxygens (including phenoxy) is 4. The van der Waals surface area contributed by atoms with E-state index in [2.05, 4.69) is 0 Å². The van der Waals surface area contributed by atoms with Gasteiger partial charge in [0.05, 0.1) is 45.4 Å². The summed E-state index contributed by atoms with van der Waals surface area (Å²) in [5, 5.41) is 0.432. The second kappa shape index (κ2) is 9.89. The van der Waals surface area contributed by atoms with E-state index in [1.165, 1.54) is 0 Å². The van der Waals surface area contributed by atoms with Gasteiger partial charge in [-0.15, -0.1) is 0 Å². The summed E-state index contributed by atoms with van der Waals surface area (Å²) in [7, 11) is 6.27. The van der Waals surface area contributed by atoms with E-state index in [0.29, 0.717) is 52.5 Å². The molecular formula is C29H27NO7. The lowest BCUT2D eigenvalue weighted by Crippen LogP contribution is -2.31. The Morgan fingerprint density at radius 2 is 1.43 bits per heavy atom. The molecule has 0 spiro atoms. The molecular weight excluding hydrogens is 474 g/mol. The number of para-hydroxylation sites is 1. The number of benzene rings is 3. The summed E-state index contributed by atoms with van der Waals surface area (Å²) in [6.45, 7) is 0.341. The molecule has 2 heterocycles. The van der Waals surface area contributed by atoms with Crippen molar-refractivity contribution < 1.29 is 28.2 Å². The van der Waals surface area contributed by atoms with Gasteiger partial charge in [0, 0.05) is 6.54 Å². The maximum absolute atomic E-state index is 13.7. The van der Waals surface area contributed by atoms with Crippen molar-refractivity contribution in [3.05, 3.63) is 93.3 Å². The van der Waals surface area contributed by atoms with Gasteiger partial charge in [0.25, 0.3) is 5.91 Å². The molecule has 8 heteroatoms. The number of fused-ring (bicyclic) bond motifs is 2. The van der Waals surface area contributed by atoms with Crippen LogP contribution < -0.4 is 24.4 Å². The van der Waals surface area contributed by atoms with Crippen LogP contribution in [0, 0.1) is 0 Å². The number of amides is 1. The summed E-state index contributed by atoms with van der Waals surface area (Å²) in [5.74, 6) is 2.02. The third-order valence-electron chi connectivity index (χ3n) is 6.69. The van der Waals surface area contributed by atoms with Crippen LogP contribution in [0.1, 0.15) is 33.3 Å². The predicted molar refractivity (Wildman–Crippen MR) is 138 cm³/mol. The largest absolute Gasteiger partial charge is 0.493 e. The van der Waals surface area contributed by atoms with Gasteiger partial charge < -0.3 is 28.3 Å². The summed E-state index contributed by atoms with van der Waals surface area (Å²) in [6.07, 6.45) is 0.525. The first-order valence-corrected chi connectivity index (χ1v) is 11.8. The van der Waals surface area contributed by atoms with Crippen LogP contribution in [0.25, 0.3) is 11.0 Å². The molecule has 1 atom stereocenters. The molecule has 37 heavy (non-hydrogen) atoms. The molecule has 3 aromatic carbocycles. The molecule has 0 saturated carbocycles. The molecule has 5 rings (SSSR count). The lowest BCUT2D eigenvalue weighted by molar-refractivity contribution is 0.0730. The van der Waals surface area contributed by atoms with Crippen LogP contribution in [-0.2, 0) is 6.42 Å². The van der Waals surface area contributed by atoms with Crippen molar-refractivity contribution in [3.63, 3.8) is 0 Å². The highest BCUT2D eigenvalue weighted by Gasteiger charge is 2.42. The number of carbonyl (C=O) groups excluding carboxylic acids is 1. The van der Waals surface area contributed by atoms with Gasteiger partial charge in [-0.3, -0.25) is 9.59 Å². The van der Waals surface area contributed by atoms with Gasteiger partial charge in [-0.1, -0.05) is 24.3 Å². The number of carbonyl (C=O) groups is 1. The van der Waals surface area contributed by atoms with Gasteiger partial charge in [-0.25, -0.2) is 0 Å². The van der Waals surface area contributed by atoms with Crippen molar-refractivity contribution in [2.24, 2.45) is 0 Å². The van der Waals surface area contributed by atoms with Gasteiger partial charge >= 0.3 is 0 Å². The van der Waals surface area contributed by atoms with Crippen molar-refractivity contribution in [2.75, 3.05) is 35.0 Å². The maximum Gasteiger partial charge on any atom is 0.290 e. The first-order valence-electron chi connectivity index (χ1n) is 11.8. The van der Waals surface area contributed by atoms with Gasteiger partial charge in [-0.05, 0) is 53.9 Å². The lowest BCUT2D eigenvalue weighted by atomic mass is 9.97. The zero-order chi connectivity index (χ0) is 26.1. The smallest absolute Gasteiger partial charge is 0.290 e. The monoisotopic (exact) mass is 501 g/mol. The third kappa shape index (κ3) is 4.14. The average molecular weight is 502 g/mol. The Kier molecular flexibility index (Phi) is 6.48. The van der Waals surface area contributed by atoms with E-state index in [-0.39, 0.29) is 17.1 Å². The topological polar surface area (TPSA) is 87.4 Å². The fraction of sp³-hybridized carbons (Fsp3) is 0.241. The Balaban J connectivity index is 1.60. The normalized spacial score (nSPS) is 14.5. The highest BCUT2D eigenvalue weighted by molar-refractivity contribution is 5.99. The Morgan fingerprint density at radius 1 is 0.784 bits per heavy atom. The number of hydrogen-bond acceptors (Lipinski definition) is 7. The standard InChI is InChI=1S/C29H27NO7/c1-33-21-11-9-17(15-23(21)35-3)13-14-30-26(18-10-12-22(34-2)24(16-18)36-4)25-27(31)19-7-5-6-8-20(19)37-28(25)29(30)32/h5-12,15-16,26H,13-14H2,1-4H3. The molecule has 0 fully saturated rings. The molecule has 0 aliphatic carbocycles. The number of methoxy groups -OCH3 is 4. The van der Waals surface area contributed by atoms with Crippen LogP contribution in [0.2, 0.25) is 0 Å². The first kappa shape index (κ1) is 24.2. The van der Waals surface area contributed by atoms with Crippen LogP contribution in [0.15, 0.2) is 69.9 Å². The van der Waals surface area contributed by atoms with Crippen LogP contribution >= 0.6 is 0 Å². The molecule has 1 aliphatic heterocycles. The Labute approximate surface area is 213 Å². The molecule has 0 saturated heterocycles. The highest BCUT2D eigenvalue weighted by Crippen LogP contribution is 2.41. The average Bonchev–Trinajstić information content (AvgIpc) is 3.22. The minimum absolute atomic E-state index is 0.0656. The zero-order valence-corrected chi connectivity index (χ0v) is 21.1. The third-order valence-corrected chi connectivity index (χ3v) is 6.69. The molecule has 1 amide bonds. The summed E-state index contributed by atoms with van der Waals surface area (Å²) < 4.78 is 27.7. The van der Waals surface area contributed by atoms with Crippen molar-refractivity contribution in [3.8, 4) is 23.0 Å². The van der Waals surface area contributed by atoms with Crippen molar-refractivity contribution in [1.82, 2.24) is 4.90 Å². The van der Waals surface area contributed by atoms with Crippen molar-refractivity contribution in [2.45, 2.75) is 12.5 Å². The number of hydrogen-bond donors (Lipinski definition) is 0. The van der Waals surface area contributed by atoms with E-state index < -0.39 is 6.04 Å². The minimum Gasteiger partial charge on any atom is -0.493 e. The molecule has 8 nitrogen and oxygen atoms in total. The van der Waals surface area contributed by atoms with Gasteiger partial charge in [0.15, 0.2) is 28.4 Å². The van der Waals surface area contributed by atoms with Gasteiger partial charge in [0.2, 0.25) is 5.76 Å². The Bertz CT molecular complexity index is 1540. The van der Waals surface area contributed by atoms with Gasteiger partial charge in [-0.2, -0.15) is 0 Å². The van der Waals surface area contributed by atoms with E-state index in [1.54, 1.807) is 69.7 Å². The van der Waals surface area contributed by atoms with E-state index in [9.17, 15) is 9.59 Å². The van der Waals surface area contributed by atoms with Crippen molar-refractivity contribution >= 4 is 16.9 Å². The second-order valence-corrected chi connectivity index (χ2v) is 8.62. The predicted octanol–water partition coefficient (Wildman–Crippen LogP) is 4.62. The number of nitrogens with zero attached hydrogens (tertiary/aromatic N) is 1. The molecule has 1 unspecified atom stereocenters. The molecule has 0 radical (unpaired) electrons. The molecule has 0 bridgehead atoms. The van der Waals surface area contributed by atoms with Gasteiger partial charge in [0.1, 0.15) is 5.58 Å². The molecule has 1 aliphatic rings.